The molecule has 0 fully saturated rings. The van der Waals surface area contributed by atoms with Crippen molar-refractivity contribution in [3.63, 3.8) is 0 Å². The van der Waals surface area contributed by atoms with Gasteiger partial charge in [-0.25, -0.2) is 0 Å². The molecule has 0 heterocycles. The Balaban J connectivity index is 1.97. The first kappa shape index (κ1) is 15.4. The predicted octanol–water partition coefficient (Wildman–Crippen LogP) is 2.48. The van der Waals surface area contributed by atoms with E-state index in [0.717, 1.165) is 12.0 Å². The highest BCUT2D eigenvalue weighted by Gasteiger charge is 2.10. The van der Waals surface area contributed by atoms with E-state index in [4.69, 9.17) is 17.3 Å². The summed E-state index contributed by atoms with van der Waals surface area (Å²) >= 11 is 5.73. The number of benzene rings is 2. The lowest BCUT2D eigenvalue weighted by atomic mass is 10.1. The molecule has 0 radical (unpaired) electrons. The Morgan fingerprint density at radius 1 is 1.14 bits per heavy atom. The minimum absolute atomic E-state index is 0.127. The number of phenolic OH excluding ortho intramolecular Hbond substituents is 1. The number of rotatable bonds is 5. The van der Waals surface area contributed by atoms with Gasteiger partial charge in [-0.1, -0.05) is 35.9 Å². The van der Waals surface area contributed by atoms with Gasteiger partial charge in [0, 0.05) is 11.6 Å². The molecule has 0 aliphatic carbocycles. The van der Waals surface area contributed by atoms with Crippen LogP contribution in [0.2, 0.25) is 5.02 Å². The van der Waals surface area contributed by atoms with Crippen LogP contribution in [-0.4, -0.2) is 17.6 Å². The number of aromatic hydroxyl groups is 1. The first-order chi connectivity index (χ1) is 10.1. The molecule has 4 nitrogen and oxygen atoms in total. The Morgan fingerprint density at radius 3 is 2.43 bits per heavy atom. The van der Waals surface area contributed by atoms with Gasteiger partial charge in [-0.05, 0) is 42.3 Å². The fourth-order valence-electron chi connectivity index (χ4n) is 1.96. The second-order valence-corrected chi connectivity index (χ2v) is 5.14. The Kier molecular flexibility index (Phi) is 5.20. The molecular weight excluding hydrogens is 288 g/mol. The molecule has 0 aromatic heterocycles. The zero-order chi connectivity index (χ0) is 15.2. The molecule has 0 unspecified atom stereocenters. The van der Waals surface area contributed by atoms with Gasteiger partial charge >= 0.3 is 0 Å². The van der Waals surface area contributed by atoms with Crippen LogP contribution in [0.4, 0.5) is 0 Å². The van der Waals surface area contributed by atoms with Crippen molar-refractivity contribution in [1.82, 2.24) is 5.32 Å². The molecule has 4 N–H and O–H groups in total. The largest absolute Gasteiger partial charge is 0.507 e. The highest BCUT2D eigenvalue weighted by Crippen LogP contribution is 2.21. The maximum atomic E-state index is 12.0. The monoisotopic (exact) mass is 304 g/mol. The van der Waals surface area contributed by atoms with Crippen molar-refractivity contribution in [1.29, 1.82) is 0 Å². The molecule has 5 heteroatoms. The average molecular weight is 305 g/mol. The summed E-state index contributed by atoms with van der Waals surface area (Å²) in [4.78, 5) is 12.0. The van der Waals surface area contributed by atoms with E-state index in [1.807, 2.05) is 24.3 Å². The summed E-state index contributed by atoms with van der Waals surface area (Å²) in [5, 5.41) is 12.8. The van der Waals surface area contributed by atoms with Gasteiger partial charge in [0.2, 0.25) is 0 Å². The molecule has 21 heavy (non-hydrogen) atoms. The van der Waals surface area contributed by atoms with E-state index in [9.17, 15) is 9.90 Å². The van der Waals surface area contributed by atoms with Crippen LogP contribution in [0.1, 0.15) is 21.5 Å². The SMILES string of the molecule is NCCc1ccc(CNC(=O)c2ccc(Cl)cc2O)cc1. The molecule has 0 saturated carbocycles. The van der Waals surface area contributed by atoms with Gasteiger partial charge in [0.25, 0.3) is 5.91 Å². The van der Waals surface area contributed by atoms with Gasteiger partial charge in [0.05, 0.1) is 5.56 Å². The standard InChI is InChI=1S/C16H17ClN2O2/c17-13-5-6-14(15(20)9-13)16(21)19-10-12-3-1-11(2-4-12)7-8-18/h1-6,9,20H,7-8,10,18H2,(H,19,21). The van der Waals surface area contributed by atoms with Crippen molar-refractivity contribution in [3.8, 4) is 5.75 Å². The van der Waals surface area contributed by atoms with Gasteiger partial charge in [-0.15, -0.1) is 0 Å². The minimum Gasteiger partial charge on any atom is -0.507 e. The predicted molar refractivity (Wildman–Crippen MR) is 83.5 cm³/mol. The third kappa shape index (κ3) is 4.21. The molecule has 2 aromatic rings. The van der Waals surface area contributed by atoms with Crippen LogP contribution in [-0.2, 0) is 13.0 Å². The van der Waals surface area contributed by atoms with E-state index in [1.54, 1.807) is 6.07 Å². The Labute approximate surface area is 128 Å². The number of hydrogen-bond acceptors (Lipinski definition) is 3. The molecule has 0 saturated heterocycles. The summed E-state index contributed by atoms with van der Waals surface area (Å²) in [6, 6.07) is 12.3. The van der Waals surface area contributed by atoms with Crippen LogP contribution < -0.4 is 11.1 Å². The van der Waals surface area contributed by atoms with E-state index < -0.39 is 0 Å². The number of hydrogen-bond donors (Lipinski definition) is 3. The molecule has 2 rings (SSSR count). The highest BCUT2D eigenvalue weighted by atomic mass is 35.5. The van der Waals surface area contributed by atoms with Crippen LogP contribution in [0.15, 0.2) is 42.5 Å². The number of carbonyl (C=O) groups is 1. The van der Waals surface area contributed by atoms with E-state index in [0.29, 0.717) is 18.1 Å². The number of phenols is 1. The smallest absolute Gasteiger partial charge is 0.255 e. The Morgan fingerprint density at radius 2 is 1.81 bits per heavy atom. The molecule has 0 bridgehead atoms. The van der Waals surface area contributed by atoms with Crippen molar-refractivity contribution < 1.29 is 9.90 Å². The summed E-state index contributed by atoms with van der Waals surface area (Å²) < 4.78 is 0. The van der Waals surface area contributed by atoms with Gasteiger partial charge in [-0.2, -0.15) is 0 Å². The van der Waals surface area contributed by atoms with Crippen LogP contribution >= 0.6 is 11.6 Å². The fourth-order valence-corrected chi connectivity index (χ4v) is 2.13. The minimum atomic E-state index is -0.338. The van der Waals surface area contributed by atoms with Crippen LogP contribution in [0.25, 0.3) is 0 Å². The summed E-state index contributed by atoms with van der Waals surface area (Å²) in [6.07, 6.45) is 0.839. The van der Waals surface area contributed by atoms with Gasteiger partial charge < -0.3 is 16.2 Å². The van der Waals surface area contributed by atoms with Gasteiger partial charge in [-0.3, -0.25) is 4.79 Å². The zero-order valence-electron chi connectivity index (χ0n) is 11.5. The summed E-state index contributed by atoms with van der Waals surface area (Å²) in [6.45, 7) is 1.01. The number of nitrogens with two attached hydrogens (primary N) is 1. The lowest BCUT2D eigenvalue weighted by Gasteiger charge is -2.08. The first-order valence-corrected chi connectivity index (χ1v) is 7.02. The Hall–Kier alpha value is -2.04. The van der Waals surface area contributed by atoms with Crippen molar-refractivity contribution >= 4 is 17.5 Å². The lowest BCUT2D eigenvalue weighted by Crippen LogP contribution is -2.22. The fraction of sp³-hybridized carbons (Fsp3) is 0.188. The number of amides is 1. The number of halogens is 1. The van der Waals surface area contributed by atoms with Crippen LogP contribution in [0, 0.1) is 0 Å². The molecule has 0 atom stereocenters. The number of nitrogens with one attached hydrogen (secondary N) is 1. The molecule has 0 aliphatic rings. The third-order valence-electron chi connectivity index (χ3n) is 3.11. The topological polar surface area (TPSA) is 75.3 Å². The maximum absolute atomic E-state index is 12.0. The highest BCUT2D eigenvalue weighted by molar-refractivity contribution is 6.30. The molecule has 0 aliphatic heterocycles. The summed E-state index contributed by atoms with van der Waals surface area (Å²) in [5.74, 6) is -0.464. The Bertz CT molecular complexity index is 627. The van der Waals surface area contributed by atoms with Crippen LogP contribution in [0.5, 0.6) is 5.75 Å². The van der Waals surface area contributed by atoms with Crippen molar-refractivity contribution in [2.75, 3.05) is 6.54 Å². The number of carbonyl (C=O) groups excluding carboxylic acids is 1. The maximum Gasteiger partial charge on any atom is 0.255 e. The average Bonchev–Trinajstić information content (AvgIpc) is 2.46. The first-order valence-electron chi connectivity index (χ1n) is 6.65. The quantitative estimate of drug-likeness (QED) is 0.794. The second-order valence-electron chi connectivity index (χ2n) is 4.70. The molecule has 1 amide bonds. The third-order valence-corrected chi connectivity index (χ3v) is 3.35. The normalized spacial score (nSPS) is 10.4. The van der Waals surface area contributed by atoms with E-state index >= 15 is 0 Å². The molecule has 110 valence electrons. The molecule has 2 aromatic carbocycles. The summed E-state index contributed by atoms with van der Waals surface area (Å²) in [7, 11) is 0. The summed E-state index contributed by atoms with van der Waals surface area (Å²) in [5.41, 5.74) is 7.86. The van der Waals surface area contributed by atoms with Gasteiger partial charge in [0.1, 0.15) is 5.75 Å². The van der Waals surface area contributed by atoms with E-state index in [-0.39, 0.29) is 17.2 Å². The molecular formula is C16H17ClN2O2. The lowest BCUT2D eigenvalue weighted by molar-refractivity contribution is 0.0948. The van der Waals surface area contributed by atoms with Crippen molar-refractivity contribution in [3.05, 3.63) is 64.2 Å². The van der Waals surface area contributed by atoms with E-state index in [1.165, 1.54) is 17.7 Å². The van der Waals surface area contributed by atoms with Crippen LogP contribution in [0.3, 0.4) is 0 Å². The van der Waals surface area contributed by atoms with E-state index in [2.05, 4.69) is 5.32 Å². The van der Waals surface area contributed by atoms with Crippen molar-refractivity contribution in [2.45, 2.75) is 13.0 Å². The second kappa shape index (κ2) is 7.11. The molecule has 0 spiro atoms. The van der Waals surface area contributed by atoms with Crippen molar-refractivity contribution in [2.24, 2.45) is 5.73 Å². The zero-order valence-corrected chi connectivity index (χ0v) is 12.2. The van der Waals surface area contributed by atoms with Gasteiger partial charge in [0.15, 0.2) is 0 Å².